The number of fused-ring (bicyclic) bond motifs is 1. The second kappa shape index (κ2) is 9.57. The van der Waals surface area contributed by atoms with Crippen molar-refractivity contribution in [3.8, 4) is 17.0 Å². The molecule has 1 amide bonds. The summed E-state index contributed by atoms with van der Waals surface area (Å²) in [5, 5.41) is 10.4. The van der Waals surface area contributed by atoms with Crippen LogP contribution in [0, 0.1) is 0 Å². The van der Waals surface area contributed by atoms with Gasteiger partial charge in [-0.25, -0.2) is 36.6 Å². The minimum Gasteiger partial charge on any atom is -0.404 e. The number of amides is 1. The van der Waals surface area contributed by atoms with Gasteiger partial charge in [0.25, 0.3) is 6.43 Å². The molecule has 0 aliphatic heterocycles. The van der Waals surface area contributed by atoms with E-state index in [0.717, 1.165) is 30.5 Å². The first-order valence-electron chi connectivity index (χ1n) is 9.89. The standard InChI is InChI=1S/C21H13ClF5N5O4S/c22-14-6-10(4-5-13(14)21(25,26)27)15-8-16(18(23)24)32-19(31-15)17(9-29-32)36-20(33)30-11-2-1-3-12(7-11)37(28,34)35/h1-9,18H,(H,30,33)(H2,28,34,35). The summed E-state index contributed by atoms with van der Waals surface area (Å²) in [6, 6.07) is 8.42. The Morgan fingerprint density at radius 1 is 1.14 bits per heavy atom. The van der Waals surface area contributed by atoms with Crippen molar-refractivity contribution in [1.82, 2.24) is 14.6 Å². The van der Waals surface area contributed by atoms with Crippen molar-refractivity contribution in [2.45, 2.75) is 17.5 Å². The molecule has 2 aromatic heterocycles. The van der Waals surface area contributed by atoms with Gasteiger partial charge in [-0.15, -0.1) is 0 Å². The van der Waals surface area contributed by atoms with Gasteiger partial charge in [0.15, 0.2) is 11.4 Å². The lowest BCUT2D eigenvalue weighted by Crippen LogP contribution is -2.18. The number of anilines is 1. The highest BCUT2D eigenvalue weighted by Crippen LogP contribution is 2.37. The Hall–Kier alpha value is -3.82. The monoisotopic (exact) mass is 561 g/mol. The van der Waals surface area contributed by atoms with Crippen molar-refractivity contribution < 1.29 is 39.9 Å². The van der Waals surface area contributed by atoms with Crippen molar-refractivity contribution in [2.75, 3.05) is 5.32 Å². The molecule has 0 aliphatic carbocycles. The predicted octanol–water partition coefficient (Wildman–Crippen LogP) is 5.26. The summed E-state index contributed by atoms with van der Waals surface area (Å²) in [5.74, 6) is -0.373. The lowest BCUT2D eigenvalue weighted by atomic mass is 10.1. The maximum Gasteiger partial charge on any atom is 0.417 e. The highest BCUT2D eigenvalue weighted by atomic mass is 35.5. The first-order chi connectivity index (χ1) is 17.2. The number of nitrogens with one attached hydrogen (secondary N) is 1. The third-order valence-corrected chi connectivity index (χ3v) is 6.10. The zero-order chi connectivity index (χ0) is 27.1. The number of halogens is 6. The maximum atomic E-state index is 13.7. The van der Waals surface area contributed by atoms with Crippen LogP contribution in [0.5, 0.6) is 5.75 Å². The zero-order valence-corrected chi connectivity index (χ0v) is 19.6. The number of hydrogen-bond acceptors (Lipinski definition) is 6. The van der Waals surface area contributed by atoms with E-state index >= 15 is 0 Å². The second-order valence-corrected chi connectivity index (χ2v) is 9.36. The number of ether oxygens (including phenoxy) is 1. The number of alkyl halides is 5. The van der Waals surface area contributed by atoms with Crippen LogP contribution in [0.4, 0.5) is 32.4 Å². The van der Waals surface area contributed by atoms with E-state index in [4.69, 9.17) is 21.5 Å². The van der Waals surface area contributed by atoms with Gasteiger partial charge in [-0.2, -0.15) is 18.3 Å². The highest BCUT2D eigenvalue weighted by molar-refractivity contribution is 7.89. The van der Waals surface area contributed by atoms with Crippen molar-refractivity contribution in [3.05, 3.63) is 71.0 Å². The van der Waals surface area contributed by atoms with E-state index in [1.54, 1.807) is 0 Å². The van der Waals surface area contributed by atoms with Crippen LogP contribution in [0.1, 0.15) is 17.7 Å². The molecule has 0 radical (unpaired) electrons. The van der Waals surface area contributed by atoms with Gasteiger partial charge < -0.3 is 4.74 Å². The van der Waals surface area contributed by atoms with Gasteiger partial charge in [-0.3, -0.25) is 5.32 Å². The molecule has 0 aliphatic rings. The number of benzene rings is 2. The lowest BCUT2D eigenvalue weighted by Gasteiger charge is -2.12. The van der Waals surface area contributed by atoms with Crippen LogP contribution in [-0.2, 0) is 16.2 Å². The number of hydrogen-bond donors (Lipinski definition) is 2. The quantitative estimate of drug-likeness (QED) is 0.320. The number of aromatic nitrogens is 3. The predicted molar refractivity (Wildman–Crippen MR) is 121 cm³/mol. The fraction of sp³-hybridized carbons (Fsp3) is 0.0952. The maximum absolute atomic E-state index is 13.7. The van der Waals surface area contributed by atoms with Crippen molar-refractivity contribution in [2.24, 2.45) is 5.14 Å². The topological polar surface area (TPSA) is 129 Å². The third-order valence-electron chi connectivity index (χ3n) is 4.87. The molecule has 3 N–H and O–H groups in total. The molecular formula is C21H13ClF5N5O4S. The van der Waals surface area contributed by atoms with Gasteiger partial charge in [0.2, 0.25) is 10.0 Å². The zero-order valence-electron chi connectivity index (χ0n) is 18.0. The van der Waals surface area contributed by atoms with Crippen LogP contribution in [0.3, 0.4) is 0 Å². The summed E-state index contributed by atoms with van der Waals surface area (Å²) < 4.78 is 95.4. The molecule has 0 bridgehead atoms. The molecule has 0 saturated carbocycles. The van der Waals surface area contributed by atoms with Gasteiger partial charge in [-0.1, -0.05) is 23.7 Å². The van der Waals surface area contributed by atoms with Crippen molar-refractivity contribution in [3.63, 3.8) is 0 Å². The molecule has 16 heteroatoms. The third kappa shape index (κ3) is 5.63. The average molecular weight is 562 g/mol. The molecule has 2 aromatic carbocycles. The number of sulfonamides is 1. The average Bonchev–Trinajstić information content (AvgIpc) is 3.19. The summed E-state index contributed by atoms with van der Waals surface area (Å²) in [6.07, 6.45) is -8.03. The van der Waals surface area contributed by atoms with E-state index in [1.807, 2.05) is 0 Å². The smallest absolute Gasteiger partial charge is 0.404 e. The van der Waals surface area contributed by atoms with E-state index in [9.17, 15) is 35.2 Å². The molecule has 0 unspecified atom stereocenters. The molecule has 9 nitrogen and oxygen atoms in total. The summed E-state index contributed by atoms with van der Waals surface area (Å²) in [6.45, 7) is 0. The van der Waals surface area contributed by atoms with Crippen LogP contribution in [-0.4, -0.2) is 29.1 Å². The largest absolute Gasteiger partial charge is 0.417 e. The molecule has 194 valence electrons. The second-order valence-electron chi connectivity index (χ2n) is 7.39. The van der Waals surface area contributed by atoms with Gasteiger partial charge in [0.1, 0.15) is 5.69 Å². The molecule has 0 saturated heterocycles. The number of rotatable bonds is 5. The molecular weight excluding hydrogens is 549 g/mol. The SMILES string of the molecule is NS(=O)(=O)c1cccc(NC(=O)Oc2cnn3c(C(F)F)cc(-c4ccc(C(F)(F)F)c(Cl)c4)nc23)c1. The molecule has 0 spiro atoms. The van der Waals surface area contributed by atoms with Gasteiger partial charge >= 0.3 is 12.3 Å². The Bertz CT molecular complexity index is 1630. The highest BCUT2D eigenvalue weighted by Gasteiger charge is 2.33. The normalized spacial score (nSPS) is 12.2. The molecule has 37 heavy (non-hydrogen) atoms. The van der Waals surface area contributed by atoms with Crippen LogP contribution >= 0.6 is 11.6 Å². The first-order valence-corrected chi connectivity index (χ1v) is 11.8. The van der Waals surface area contributed by atoms with Gasteiger partial charge in [0.05, 0.1) is 27.4 Å². The minimum atomic E-state index is -4.73. The number of carbonyl (C=O) groups excluding carboxylic acids is 1. The molecule has 4 rings (SSSR count). The Morgan fingerprint density at radius 2 is 1.86 bits per heavy atom. The van der Waals surface area contributed by atoms with Gasteiger partial charge in [-0.05, 0) is 36.4 Å². The molecule has 0 atom stereocenters. The summed E-state index contributed by atoms with van der Waals surface area (Å²) in [5.41, 5.74) is -2.37. The number of primary sulfonamides is 1. The summed E-state index contributed by atoms with van der Waals surface area (Å²) >= 11 is 5.74. The van der Waals surface area contributed by atoms with Crippen LogP contribution in [0.25, 0.3) is 16.9 Å². The van der Waals surface area contributed by atoms with E-state index < -0.39 is 45.0 Å². The first kappa shape index (κ1) is 26.2. The van der Waals surface area contributed by atoms with E-state index in [2.05, 4.69) is 15.4 Å². The Balaban J connectivity index is 1.69. The van der Waals surface area contributed by atoms with Crippen LogP contribution < -0.4 is 15.2 Å². The number of nitrogens with two attached hydrogens (primary N) is 1. The Kier molecular flexibility index (Phi) is 6.79. The lowest BCUT2D eigenvalue weighted by molar-refractivity contribution is -0.137. The summed E-state index contributed by atoms with van der Waals surface area (Å²) in [4.78, 5) is 16.2. The molecule has 4 aromatic rings. The Morgan fingerprint density at radius 3 is 2.49 bits per heavy atom. The summed E-state index contributed by atoms with van der Waals surface area (Å²) in [7, 11) is -4.06. The fourth-order valence-corrected chi connectivity index (χ4v) is 4.09. The number of carbonyl (C=O) groups is 1. The van der Waals surface area contributed by atoms with E-state index in [1.165, 1.54) is 18.2 Å². The van der Waals surface area contributed by atoms with E-state index in [0.29, 0.717) is 10.6 Å². The Labute approximate surface area is 209 Å². The van der Waals surface area contributed by atoms with Crippen molar-refractivity contribution >= 4 is 39.1 Å². The van der Waals surface area contributed by atoms with Crippen LogP contribution in [0.15, 0.2) is 59.6 Å². The fourth-order valence-electron chi connectivity index (χ4n) is 3.24. The molecule has 2 heterocycles. The van der Waals surface area contributed by atoms with Crippen LogP contribution in [0.2, 0.25) is 5.02 Å². The molecule has 0 fully saturated rings. The minimum absolute atomic E-state index is 0.00527. The van der Waals surface area contributed by atoms with Gasteiger partial charge in [0, 0.05) is 11.3 Å². The van der Waals surface area contributed by atoms with Crippen molar-refractivity contribution in [1.29, 1.82) is 0 Å². The number of nitrogens with zero attached hydrogens (tertiary/aromatic N) is 3. The van der Waals surface area contributed by atoms with E-state index in [-0.39, 0.29) is 33.2 Å².